The number of hydrogen-bond acceptors (Lipinski definition) is 1. The standard InChI is InChI=1S/CHIO.Ru/c2-1-3;/h1H;. The van der Waals surface area contributed by atoms with Crippen molar-refractivity contribution in [1.29, 1.82) is 0 Å². The summed E-state index contributed by atoms with van der Waals surface area (Å²) in [6.07, 6.45) is 0. The Morgan fingerprint density at radius 3 is 1.75 bits per heavy atom. The molecule has 1 nitrogen and oxygen atoms in total. The van der Waals surface area contributed by atoms with Crippen LogP contribution in [-0.4, -0.2) is 4.29 Å². The molecule has 0 aliphatic heterocycles. The Morgan fingerprint density at radius 1 is 1.75 bits per heavy atom. The third-order valence-electron chi connectivity index (χ3n) is 0. The summed E-state index contributed by atoms with van der Waals surface area (Å²) < 4.78 is 0.720. The van der Waals surface area contributed by atoms with Gasteiger partial charge >= 0.3 is 0 Å². The molecule has 4 heavy (non-hydrogen) atoms. The van der Waals surface area contributed by atoms with Crippen molar-refractivity contribution < 1.29 is 24.3 Å². The molecule has 0 aliphatic carbocycles. The van der Waals surface area contributed by atoms with Crippen molar-refractivity contribution in [2.45, 2.75) is 0 Å². The molecule has 26 valence electrons. The largest absolute Gasteiger partial charge is 0.292 e. The molecule has 0 aliphatic rings. The zero-order valence-corrected chi connectivity index (χ0v) is 5.61. The molecule has 0 spiro atoms. The maximum Gasteiger partial charge on any atom is 0.179 e. The van der Waals surface area contributed by atoms with Gasteiger partial charge < -0.3 is 0 Å². The minimum atomic E-state index is 0. The smallest absolute Gasteiger partial charge is 0.179 e. The van der Waals surface area contributed by atoms with E-state index < -0.39 is 0 Å². The van der Waals surface area contributed by atoms with Gasteiger partial charge in [-0.05, 0) is 22.6 Å². The summed E-state index contributed by atoms with van der Waals surface area (Å²) in [5, 5.41) is 0. The summed E-state index contributed by atoms with van der Waals surface area (Å²) in [6, 6.07) is 0. The number of rotatable bonds is 0. The normalized spacial score (nSPS) is 3.25. The number of halogens is 1. The molecule has 0 aromatic carbocycles. The third-order valence-corrected chi connectivity index (χ3v) is 0. The van der Waals surface area contributed by atoms with Gasteiger partial charge in [-0.2, -0.15) is 0 Å². The molecule has 0 aromatic heterocycles. The fraction of sp³-hybridized carbons (Fsp3) is 0. The number of carbonyl (C=O) groups is 1. The van der Waals surface area contributed by atoms with Gasteiger partial charge in [0.1, 0.15) is 0 Å². The molecule has 0 saturated carbocycles. The molecular weight excluding hydrogens is 256 g/mol. The molecule has 3 heteroatoms. The fourth-order valence-electron chi connectivity index (χ4n) is 0. The van der Waals surface area contributed by atoms with Crippen LogP contribution in [0.15, 0.2) is 0 Å². The first kappa shape index (κ1) is 8.90. The first-order valence-electron chi connectivity index (χ1n) is 0.454. The van der Waals surface area contributed by atoms with E-state index in [4.69, 9.17) is 4.79 Å². The van der Waals surface area contributed by atoms with E-state index in [1.807, 2.05) is 0 Å². The number of carbonyl (C=O) groups excluding carboxylic acids is 1. The fourth-order valence-corrected chi connectivity index (χ4v) is 0. The summed E-state index contributed by atoms with van der Waals surface area (Å²) in [4.78, 5) is 8.79. The van der Waals surface area contributed by atoms with Crippen molar-refractivity contribution in [3.8, 4) is 0 Å². The van der Waals surface area contributed by atoms with Gasteiger partial charge in [-0.15, -0.1) is 0 Å². The van der Waals surface area contributed by atoms with E-state index in [0.717, 1.165) is 4.29 Å². The van der Waals surface area contributed by atoms with E-state index >= 15 is 0 Å². The van der Waals surface area contributed by atoms with Crippen LogP contribution in [0.1, 0.15) is 0 Å². The minimum Gasteiger partial charge on any atom is -0.292 e. The molecule has 0 amide bonds. The van der Waals surface area contributed by atoms with Crippen molar-refractivity contribution >= 4 is 26.9 Å². The SMILES string of the molecule is O=CI.[Ru]. The van der Waals surface area contributed by atoms with Gasteiger partial charge in [0.25, 0.3) is 0 Å². The molecule has 0 heterocycles. The topological polar surface area (TPSA) is 17.1 Å². The molecule has 0 saturated heterocycles. The van der Waals surface area contributed by atoms with Crippen molar-refractivity contribution in [3.63, 3.8) is 0 Å². The van der Waals surface area contributed by atoms with E-state index in [2.05, 4.69) is 0 Å². The Kier molecular flexibility index (Phi) is 20.0. The van der Waals surface area contributed by atoms with Crippen molar-refractivity contribution in [2.75, 3.05) is 0 Å². The Hall–Kier alpha value is 1.02. The van der Waals surface area contributed by atoms with Crippen LogP contribution in [0.3, 0.4) is 0 Å². The van der Waals surface area contributed by atoms with E-state index in [1.165, 1.54) is 0 Å². The third kappa shape index (κ3) is 11.8. The monoisotopic (exact) mass is 258 g/mol. The average molecular weight is 257 g/mol. The van der Waals surface area contributed by atoms with Gasteiger partial charge in [-0.1, -0.05) is 0 Å². The zero-order valence-electron chi connectivity index (χ0n) is 1.72. The molecule has 0 bridgehead atoms. The van der Waals surface area contributed by atoms with Gasteiger partial charge in [0.2, 0.25) is 0 Å². The summed E-state index contributed by atoms with van der Waals surface area (Å²) in [7, 11) is 0. The molecule has 0 rings (SSSR count). The quantitative estimate of drug-likeness (QED) is 0.269. The summed E-state index contributed by atoms with van der Waals surface area (Å²) in [5.74, 6) is 0. The van der Waals surface area contributed by atoms with E-state index in [0.29, 0.717) is 0 Å². The Balaban J connectivity index is 0. The molecule has 0 fully saturated rings. The molecule has 0 unspecified atom stereocenters. The molecule has 0 N–H and O–H groups in total. The van der Waals surface area contributed by atoms with Crippen molar-refractivity contribution in [2.24, 2.45) is 0 Å². The van der Waals surface area contributed by atoms with Gasteiger partial charge in [0.15, 0.2) is 4.29 Å². The van der Waals surface area contributed by atoms with Gasteiger partial charge in [0.05, 0.1) is 0 Å². The van der Waals surface area contributed by atoms with Crippen LogP contribution < -0.4 is 0 Å². The zero-order chi connectivity index (χ0) is 2.71. The summed E-state index contributed by atoms with van der Waals surface area (Å²) >= 11 is 1.61. The maximum atomic E-state index is 8.79. The van der Waals surface area contributed by atoms with Crippen LogP contribution in [0.4, 0.5) is 0 Å². The van der Waals surface area contributed by atoms with E-state index in [-0.39, 0.29) is 19.5 Å². The van der Waals surface area contributed by atoms with Crippen LogP contribution in [0.25, 0.3) is 0 Å². The van der Waals surface area contributed by atoms with Crippen LogP contribution in [0.2, 0.25) is 0 Å². The first-order chi connectivity index (χ1) is 1.41. The van der Waals surface area contributed by atoms with Crippen LogP contribution in [-0.2, 0) is 24.3 Å². The first-order valence-corrected chi connectivity index (χ1v) is 1.70. The van der Waals surface area contributed by atoms with Gasteiger partial charge in [0, 0.05) is 19.5 Å². The Bertz CT molecular complexity index is 15.5. The second-order valence-electron chi connectivity index (χ2n) is 0.0891. The Morgan fingerprint density at radius 2 is 1.75 bits per heavy atom. The van der Waals surface area contributed by atoms with Crippen LogP contribution >= 0.6 is 22.6 Å². The van der Waals surface area contributed by atoms with Crippen molar-refractivity contribution in [3.05, 3.63) is 0 Å². The van der Waals surface area contributed by atoms with Crippen LogP contribution in [0.5, 0.6) is 0 Å². The molecule has 0 atom stereocenters. The molecule has 0 radical (unpaired) electrons. The van der Waals surface area contributed by atoms with E-state index in [9.17, 15) is 0 Å². The second-order valence-corrected chi connectivity index (χ2v) is 0.598. The van der Waals surface area contributed by atoms with E-state index in [1.54, 1.807) is 22.6 Å². The minimum absolute atomic E-state index is 0. The van der Waals surface area contributed by atoms with Crippen molar-refractivity contribution in [1.82, 2.24) is 0 Å². The second kappa shape index (κ2) is 8.98. The average Bonchev–Trinajstić information content (AvgIpc) is 0.918. The van der Waals surface area contributed by atoms with Gasteiger partial charge in [-0.25, -0.2) is 0 Å². The predicted molar refractivity (Wildman–Crippen MR) is 20.8 cm³/mol. The van der Waals surface area contributed by atoms with Crippen LogP contribution in [0, 0.1) is 0 Å². The maximum absolute atomic E-state index is 8.79. The Labute approximate surface area is 51.0 Å². The van der Waals surface area contributed by atoms with Gasteiger partial charge in [-0.3, -0.25) is 4.79 Å². The number of hydrogen-bond donors (Lipinski definition) is 0. The molecule has 0 aromatic rings. The summed E-state index contributed by atoms with van der Waals surface area (Å²) in [5.41, 5.74) is 0. The predicted octanol–water partition coefficient (Wildman–Crippen LogP) is 0.609. The summed E-state index contributed by atoms with van der Waals surface area (Å²) in [6.45, 7) is 0. The molecular formula is CHIORu.